The number of aldehydes is 1. The Labute approximate surface area is 88.4 Å². The molecule has 0 aliphatic heterocycles. The molecule has 0 bridgehead atoms. The van der Waals surface area contributed by atoms with E-state index >= 15 is 0 Å². The van der Waals surface area contributed by atoms with Crippen molar-refractivity contribution in [3.8, 4) is 17.2 Å². The van der Waals surface area contributed by atoms with E-state index in [0.717, 1.165) is 11.8 Å². The van der Waals surface area contributed by atoms with Crippen LogP contribution in [0.4, 0.5) is 0 Å². The van der Waals surface area contributed by atoms with Crippen LogP contribution >= 0.6 is 0 Å². The van der Waals surface area contributed by atoms with E-state index in [4.69, 9.17) is 9.47 Å². The van der Waals surface area contributed by atoms with Crippen molar-refractivity contribution in [2.24, 2.45) is 0 Å². The molecule has 15 heavy (non-hydrogen) atoms. The first kappa shape index (κ1) is 11.4. The maximum Gasteiger partial charge on any atom is 0.161 e. The van der Waals surface area contributed by atoms with Crippen molar-refractivity contribution in [3.05, 3.63) is 17.7 Å². The SMILES string of the molecule is COc1cc(CCC=O)c(OC)cc1O. The molecule has 0 amide bonds. The normalized spacial score (nSPS) is 9.73. The molecular formula is C11H14O4. The van der Waals surface area contributed by atoms with Crippen LogP contribution in [0.5, 0.6) is 17.2 Å². The van der Waals surface area contributed by atoms with E-state index < -0.39 is 0 Å². The van der Waals surface area contributed by atoms with Gasteiger partial charge in [-0.3, -0.25) is 0 Å². The Hall–Kier alpha value is -1.71. The van der Waals surface area contributed by atoms with Gasteiger partial charge in [0, 0.05) is 12.5 Å². The minimum Gasteiger partial charge on any atom is -0.504 e. The Morgan fingerprint density at radius 2 is 1.93 bits per heavy atom. The van der Waals surface area contributed by atoms with E-state index in [0.29, 0.717) is 24.3 Å². The number of phenols is 1. The first-order valence-corrected chi connectivity index (χ1v) is 4.60. The van der Waals surface area contributed by atoms with Crippen LogP contribution < -0.4 is 9.47 Å². The number of carbonyl (C=O) groups is 1. The number of hydrogen-bond acceptors (Lipinski definition) is 4. The Balaban J connectivity index is 3.04. The lowest BCUT2D eigenvalue weighted by molar-refractivity contribution is -0.107. The summed E-state index contributed by atoms with van der Waals surface area (Å²) < 4.78 is 10.1. The van der Waals surface area contributed by atoms with Crippen LogP contribution in [0, 0.1) is 0 Å². The van der Waals surface area contributed by atoms with Gasteiger partial charge in [0.15, 0.2) is 11.5 Å². The molecule has 1 N–H and O–H groups in total. The predicted molar refractivity (Wildman–Crippen MR) is 55.6 cm³/mol. The second-order valence-electron chi connectivity index (χ2n) is 3.04. The molecule has 82 valence electrons. The molecule has 1 aromatic carbocycles. The van der Waals surface area contributed by atoms with Gasteiger partial charge in [0.2, 0.25) is 0 Å². The summed E-state index contributed by atoms with van der Waals surface area (Å²) in [7, 11) is 3.00. The van der Waals surface area contributed by atoms with Crippen LogP contribution in [0.3, 0.4) is 0 Å². The number of aromatic hydroxyl groups is 1. The Kier molecular flexibility index (Phi) is 3.97. The molecule has 0 saturated carbocycles. The summed E-state index contributed by atoms with van der Waals surface area (Å²) in [6.07, 6.45) is 1.84. The summed E-state index contributed by atoms with van der Waals surface area (Å²) in [6.45, 7) is 0. The minimum atomic E-state index is 0.0317. The Bertz CT molecular complexity index is 347. The molecule has 1 rings (SSSR count). The number of phenolic OH excluding ortho intramolecular Hbond substituents is 1. The molecule has 0 spiro atoms. The van der Waals surface area contributed by atoms with Crippen LogP contribution in [-0.2, 0) is 11.2 Å². The van der Waals surface area contributed by atoms with Crippen molar-refractivity contribution in [1.29, 1.82) is 0 Å². The quantitative estimate of drug-likeness (QED) is 0.749. The van der Waals surface area contributed by atoms with Gasteiger partial charge in [0.1, 0.15) is 12.0 Å². The molecule has 1 aromatic rings. The Morgan fingerprint density at radius 1 is 1.27 bits per heavy atom. The zero-order chi connectivity index (χ0) is 11.3. The summed E-state index contributed by atoms with van der Waals surface area (Å²) in [5.41, 5.74) is 0.847. The van der Waals surface area contributed by atoms with Crippen molar-refractivity contribution in [1.82, 2.24) is 0 Å². The van der Waals surface area contributed by atoms with Crippen molar-refractivity contribution >= 4 is 6.29 Å². The molecule has 0 heterocycles. The highest BCUT2D eigenvalue weighted by Gasteiger charge is 2.09. The van der Waals surface area contributed by atoms with Gasteiger partial charge in [-0.1, -0.05) is 0 Å². The molecule has 0 unspecified atom stereocenters. The number of carbonyl (C=O) groups excluding carboxylic acids is 1. The summed E-state index contributed by atoms with van der Waals surface area (Å²) in [5, 5.41) is 9.50. The van der Waals surface area contributed by atoms with Crippen LogP contribution in [0.25, 0.3) is 0 Å². The highest BCUT2D eigenvalue weighted by Crippen LogP contribution is 2.34. The lowest BCUT2D eigenvalue weighted by Gasteiger charge is -2.10. The molecule has 0 fully saturated rings. The van der Waals surface area contributed by atoms with E-state index in [9.17, 15) is 9.90 Å². The molecular weight excluding hydrogens is 196 g/mol. The summed E-state index contributed by atoms with van der Waals surface area (Å²) in [4.78, 5) is 10.3. The van der Waals surface area contributed by atoms with Gasteiger partial charge < -0.3 is 19.4 Å². The zero-order valence-corrected chi connectivity index (χ0v) is 8.82. The molecule has 4 nitrogen and oxygen atoms in total. The average molecular weight is 210 g/mol. The number of benzene rings is 1. The van der Waals surface area contributed by atoms with Gasteiger partial charge in [-0.05, 0) is 18.1 Å². The van der Waals surface area contributed by atoms with E-state index in [1.54, 1.807) is 6.07 Å². The molecule has 0 aromatic heterocycles. The maximum atomic E-state index is 10.3. The van der Waals surface area contributed by atoms with Crippen LogP contribution in [0.15, 0.2) is 12.1 Å². The number of hydrogen-bond donors (Lipinski definition) is 1. The third-order valence-electron chi connectivity index (χ3n) is 2.11. The smallest absolute Gasteiger partial charge is 0.161 e. The van der Waals surface area contributed by atoms with Crippen molar-refractivity contribution < 1.29 is 19.4 Å². The number of methoxy groups -OCH3 is 2. The maximum absolute atomic E-state index is 10.3. The largest absolute Gasteiger partial charge is 0.504 e. The molecule has 0 radical (unpaired) electrons. The third kappa shape index (κ3) is 2.62. The van der Waals surface area contributed by atoms with E-state index in [1.807, 2.05) is 0 Å². The highest BCUT2D eigenvalue weighted by molar-refractivity contribution is 5.54. The van der Waals surface area contributed by atoms with Crippen molar-refractivity contribution in [3.63, 3.8) is 0 Å². The third-order valence-corrected chi connectivity index (χ3v) is 2.11. The van der Waals surface area contributed by atoms with E-state index in [2.05, 4.69) is 0 Å². The van der Waals surface area contributed by atoms with Crippen molar-refractivity contribution in [2.45, 2.75) is 12.8 Å². The fourth-order valence-electron chi connectivity index (χ4n) is 1.35. The summed E-state index contributed by atoms with van der Waals surface area (Å²) in [6, 6.07) is 3.16. The van der Waals surface area contributed by atoms with Crippen LogP contribution in [-0.4, -0.2) is 25.6 Å². The molecule has 4 heteroatoms. The van der Waals surface area contributed by atoms with Gasteiger partial charge in [-0.25, -0.2) is 0 Å². The topological polar surface area (TPSA) is 55.8 Å². The fourth-order valence-corrected chi connectivity index (χ4v) is 1.35. The number of rotatable bonds is 5. The van der Waals surface area contributed by atoms with Gasteiger partial charge >= 0.3 is 0 Å². The lowest BCUT2D eigenvalue weighted by atomic mass is 10.1. The van der Waals surface area contributed by atoms with Gasteiger partial charge in [-0.15, -0.1) is 0 Å². The fraction of sp³-hybridized carbons (Fsp3) is 0.364. The molecule has 0 atom stereocenters. The lowest BCUT2D eigenvalue weighted by Crippen LogP contribution is -1.95. The van der Waals surface area contributed by atoms with E-state index in [-0.39, 0.29) is 5.75 Å². The molecule has 0 aliphatic carbocycles. The standard InChI is InChI=1S/C11H14O4/c1-14-10-7-9(13)11(15-2)6-8(10)4-3-5-12/h5-7,13H,3-4H2,1-2H3. The average Bonchev–Trinajstić information content (AvgIpc) is 2.26. The molecule has 0 aliphatic rings. The van der Waals surface area contributed by atoms with Crippen molar-refractivity contribution in [2.75, 3.05) is 14.2 Å². The monoisotopic (exact) mass is 210 g/mol. The summed E-state index contributed by atoms with van der Waals surface area (Å²) in [5.74, 6) is 0.982. The van der Waals surface area contributed by atoms with Gasteiger partial charge in [0.05, 0.1) is 14.2 Å². The second kappa shape index (κ2) is 5.24. The van der Waals surface area contributed by atoms with Gasteiger partial charge in [0.25, 0.3) is 0 Å². The Morgan fingerprint density at radius 3 is 2.47 bits per heavy atom. The van der Waals surface area contributed by atoms with Crippen LogP contribution in [0.2, 0.25) is 0 Å². The van der Waals surface area contributed by atoms with Crippen LogP contribution in [0.1, 0.15) is 12.0 Å². The van der Waals surface area contributed by atoms with Gasteiger partial charge in [-0.2, -0.15) is 0 Å². The molecule has 0 saturated heterocycles. The first-order valence-electron chi connectivity index (χ1n) is 4.60. The predicted octanol–water partition coefficient (Wildman–Crippen LogP) is 1.54. The first-order chi connectivity index (χ1) is 7.22. The number of aryl methyl sites for hydroxylation is 1. The van der Waals surface area contributed by atoms with E-state index in [1.165, 1.54) is 20.3 Å². The minimum absolute atomic E-state index is 0.0317. The zero-order valence-electron chi connectivity index (χ0n) is 8.82. The second-order valence-corrected chi connectivity index (χ2v) is 3.04. The highest BCUT2D eigenvalue weighted by atomic mass is 16.5. The summed E-state index contributed by atoms with van der Waals surface area (Å²) >= 11 is 0. The number of ether oxygens (including phenoxy) is 2.